The number of nitrogens with one attached hydrogen (secondary N) is 1. The first kappa shape index (κ1) is 13.2. The highest BCUT2D eigenvalue weighted by atomic mass is 32.1. The highest BCUT2D eigenvalue weighted by Crippen LogP contribution is 2.15. The molecule has 90 valence electrons. The SMILES string of the molecule is CCC(C(=N)N)N(C)C(C)Cc1cccs1. The molecule has 16 heavy (non-hydrogen) atoms. The van der Waals surface area contributed by atoms with Gasteiger partial charge in [0.15, 0.2) is 0 Å². The summed E-state index contributed by atoms with van der Waals surface area (Å²) in [6.45, 7) is 4.26. The second-order valence-corrected chi connectivity index (χ2v) is 5.21. The first-order valence-electron chi connectivity index (χ1n) is 5.64. The van der Waals surface area contributed by atoms with Crippen LogP contribution in [0.5, 0.6) is 0 Å². The molecule has 4 heteroatoms. The van der Waals surface area contributed by atoms with E-state index in [0.717, 1.165) is 12.8 Å². The highest BCUT2D eigenvalue weighted by molar-refractivity contribution is 7.09. The minimum Gasteiger partial charge on any atom is -0.386 e. The Morgan fingerprint density at radius 3 is 2.75 bits per heavy atom. The van der Waals surface area contributed by atoms with Crippen molar-refractivity contribution in [3.05, 3.63) is 22.4 Å². The highest BCUT2D eigenvalue weighted by Gasteiger charge is 2.20. The van der Waals surface area contributed by atoms with Crippen LogP contribution >= 0.6 is 11.3 Å². The molecule has 0 amide bonds. The number of hydrogen-bond donors (Lipinski definition) is 2. The largest absolute Gasteiger partial charge is 0.386 e. The molecule has 1 rings (SSSR count). The van der Waals surface area contributed by atoms with Gasteiger partial charge in [-0.05, 0) is 38.3 Å². The van der Waals surface area contributed by atoms with Crippen LogP contribution in [-0.4, -0.2) is 29.9 Å². The standard InChI is InChI=1S/C12H21N3S/c1-4-11(12(13)14)15(3)9(2)8-10-6-5-7-16-10/h5-7,9,11H,4,8H2,1-3H3,(H3,13,14). The maximum Gasteiger partial charge on any atom is 0.108 e. The molecule has 0 bridgehead atoms. The van der Waals surface area contributed by atoms with Gasteiger partial charge in [-0.3, -0.25) is 10.3 Å². The van der Waals surface area contributed by atoms with Crippen molar-refractivity contribution in [2.24, 2.45) is 5.73 Å². The molecule has 1 aromatic heterocycles. The van der Waals surface area contributed by atoms with Crippen molar-refractivity contribution in [2.75, 3.05) is 7.05 Å². The molecule has 0 spiro atoms. The van der Waals surface area contributed by atoms with E-state index in [1.807, 2.05) is 7.05 Å². The van der Waals surface area contributed by atoms with Gasteiger partial charge in [-0.1, -0.05) is 13.0 Å². The molecular weight excluding hydrogens is 218 g/mol. The van der Waals surface area contributed by atoms with Crippen molar-refractivity contribution < 1.29 is 0 Å². The monoisotopic (exact) mass is 239 g/mol. The summed E-state index contributed by atoms with van der Waals surface area (Å²) in [5.41, 5.74) is 5.60. The fourth-order valence-corrected chi connectivity index (χ4v) is 2.72. The predicted molar refractivity (Wildman–Crippen MR) is 71.2 cm³/mol. The fourth-order valence-electron chi connectivity index (χ4n) is 1.90. The molecule has 0 radical (unpaired) electrons. The van der Waals surface area contributed by atoms with Crippen molar-refractivity contribution in [3.8, 4) is 0 Å². The van der Waals surface area contributed by atoms with Crippen LogP contribution in [0.15, 0.2) is 17.5 Å². The van der Waals surface area contributed by atoms with E-state index in [-0.39, 0.29) is 11.9 Å². The zero-order valence-corrected chi connectivity index (χ0v) is 11.1. The molecule has 2 unspecified atom stereocenters. The third kappa shape index (κ3) is 3.32. The average Bonchev–Trinajstić information content (AvgIpc) is 2.70. The number of hydrogen-bond acceptors (Lipinski definition) is 3. The van der Waals surface area contributed by atoms with Crippen molar-refractivity contribution in [2.45, 2.75) is 38.8 Å². The molecule has 0 aromatic carbocycles. The number of thiophene rings is 1. The zero-order chi connectivity index (χ0) is 12.1. The van der Waals surface area contributed by atoms with E-state index in [1.54, 1.807) is 11.3 Å². The molecule has 3 N–H and O–H groups in total. The molecule has 0 aliphatic heterocycles. The van der Waals surface area contributed by atoms with Gasteiger partial charge in [-0.25, -0.2) is 0 Å². The summed E-state index contributed by atoms with van der Waals surface area (Å²) in [5, 5.41) is 9.67. The molecule has 0 fully saturated rings. The van der Waals surface area contributed by atoms with Gasteiger partial charge >= 0.3 is 0 Å². The van der Waals surface area contributed by atoms with Crippen LogP contribution in [0.1, 0.15) is 25.1 Å². The van der Waals surface area contributed by atoms with Crippen molar-refractivity contribution in [1.29, 1.82) is 5.41 Å². The lowest BCUT2D eigenvalue weighted by atomic mass is 10.1. The Balaban J connectivity index is 2.58. The third-order valence-electron chi connectivity index (χ3n) is 3.01. The Hall–Kier alpha value is -0.870. The summed E-state index contributed by atoms with van der Waals surface area (Å²) in [5.74, 6) is 0.267. The first-order valence-corrected chi connectivity index (χ1v) is 6.52. The lowest BCUT2D eigenvalue weighted by Gasteiger charge is -2.31. The van der Waals surface area contributed by atoms with Gasteiger partial charge in [0.05, 0.1) is 6.04 Å². The molecule has 0 aliphatic carbocycles. The van der Waals surface area contributed by atoms with E-state index in [2.05, 4.69) is 36.3 Å². The van der Waals surface area contributed by atoms with Crippen molar-refractivity contribution >= 4 is 17.2 Å². The van der Waals surface area contributed by atoms with Crippen LogP contribution in [0.3, 0.4) is 0 Å². The van der Waals surface area contributed by atoms with E-state index in [9.17, 15) is 0 Å². The zero-order valence-electron chi connectivity index (χ0n) is 10.2. The topological polar surface area (TPSA) is 53.1 Å². The van der Waals surface area contributed by atoms with Gasteiger partial charge in [0.25, 0.3) is 0 Å². The van der Waals surface area contributed by atoms with Gasteiger partial charge < -0.3 is 5.73 Å². The maximum absolute atomic E-state index is 7.56. The van der Waals surface area contributed by atoms with Crippen LogP contribution in [0.4, 0.5) is 0 Å². The van der Waals surface area contributed by atoms with E-state index in [4.69, 9.17) is 11.1 Å². The summed E-state index contributed by atoms with van der Waals surface area (Å²) < 4.78 is 0. The van der Waals surface area contributed by atoms with Gasteiger partial charge in [0.2, 0.25) is 0 Å². The summed E-state index contributed by atoms with van der Waals surface area (Å²) in [6.07, 6.45) is 1.92. The summed E-state index contributed by atoms with van der Waals surface area (Å²) in [4.78, 5) is 3.58. The number of rotatable bonds is 6. The number of nitrogens with zero attached hydrogens (tertiary/aromatic N) is 1. The summed E-state index contributed by atoms with van der Waals surface area (Å²) >= 11 is 1.78. The van der Waals surface area contributed by atoms with Crippen LogP contribution in [0.2, 0.25) is 0 Å². The van der Waals surface area contributed by atoms with Crippen LogP contribution in [0.25, 0.3) is 0 Å². The Kier molecular flexibility index (Phi) is 4.96. The molecule has 1 heterocycles. The van der Waals surface area contributed by atoms with Crippen molar-refractivity contribution in [3.63, 3.8) is 0 Å². The normalized spacial score (nSPS) is 15.0. The lowest BCUT2D eigenvalue weighted by Crippen LogP contribution is -2.46. The first-order chi connectivity index (χ1) is 7.56. The van der Waals surface area contributed by atoms with E-state index >= 15 is 0 Å². The summed E-state index contributed by atoms with van der Waals surface area (Å²) in [7, 11) is 2.05. The molecule has 0 saturated carbocycles. The molecule has 0 saturated heterocycles. The van der Waals surface area contributed by atoms with Gasteiger partial charge in [-0.15, -0.1) is 11.3 Å². The fraction of sp³-hybridized carbons (Fsp3) is 0.583. The Morgan fingerprint density at radius 1 is 1.62 bits per heavy atom. The number of nitrogens with two attached hydrogens (primary N) is 1. The number of amidine groups is 1. The van der Waals surface area contributed by atoms with Crippen LogP contribution < -0.4 is 5.73 Å². The average molecular weight is 239 g/mol. The van der Waals surface area contributed by atoms with Crippen molar-refractivity contribution in [1.82, 2.24) is 4.90 Å². The van der Waals surface area contributed by atoms with Crippen LogP contribution in [0, 0.1) is 5.41 Å². The maximum atomic E-state index is 7.56. The van der Waals surface area contributed by atoms with Gasteiger partial charge in [0, 0.05) is 10.9 Å². The molecule has 2 atom stereocenters. The van der Waals surface area contributed by atoms with Gasteiger partial charge in [-0.2, -0.15) is 0 Å². The van der Waals surface area contributed by atoms with E-state index in [1.165, 1.54) is 4.88 Å². The second kappa shape index (κ2) is 6.01. The van der Waals surface area contributed by atoms with Gasteiger partial charge in [0.1, 0.15) is 5.84 Å². The molecule has 3 nitrogen and oxygen atoms in total. The van der Waals surface area contributed by atoms with E-state index in [0.29, 0.717) is 6.04 Å². The smallest absolute Gasteiger partial charge is 0.108 e. The molecule has 0 aliphatic rings. The molecular formula is C12H21N3S. The second-order valence-electron chi connectivity index (χ2n) is 4.18. The van der Waals surface area contributed by atoms with E-state index < -0.39 is 0 Å². The predicted octanol–water partition coefficient (Wildman–Crippen LogP) is 2.33. The number of likely N-dealkylation sites (N-methyl/N-ethyl adjacent to an activating group) is 1. The lowest BCUT2D eigenvalue weighted by molar-refractivity contribution is 0.221. The minimum absolute atomic E-state index is 0.0648. The summed E-state index contributed by atoms with van der Waals surface area (Å²) in [6, 6.07) is 4.71. The Labute approximate surface area is 102 Å². The minimum atomic E-state index is 0.0648. The Morgan fingerprint density at radius 2 is 2.31 bits per heavy atom. The van der Waals surface area contributed by atoms with Crippen LogP contribution in [-0.2, 0) is 6.42 Å². The molecule has 1 aromatic rings. The Bertz CT molecular complexity index is 321. The third-order valence-corrected chi connectivity index (χ3v) is 3.91. The quantitative estimate of drug-likeness (QED) is 0.591.